The fourth-order valence-electron chi connectivity index (χ4n) is 2.67. The standard InChI is InChI=1S/C20H30O3/c1-7-20(5,6)14-17(19(2,3)4)15-8-10-16(11-9-15)18(22)23-13-12-21/h8-12,17H,7,13-14H2,1-6H3. The van der Waals surface area contributed by atoms with Crippen molar-refractivity contribution in [2.45, 2.75) is 60.3 Å². The Morgan fingerprint density at radius 3 is 2.13 bits per heavy atom. The molecule has 0 bridgehead atoms. The van der Waals surface area contributed by atoms with Crippen LogP contribution in [0.15, 0.2) is 24.3 Å². The van der Waals surface area contributed by atoms with Crippen molar-refractivity contribution in [2.75, 3.05) is 6.61 Å². The molecular weight excluding hydrogens is 288 g/mol. The van der Waals surface area contributed by atoms with E-state index in [9.17, 15) is 9.59 Å². The molecule has 0 fully saturated rings. The number of rotatable bonds is 7. The maximum Gasteiger partial charge on any atom is 0.338 e. The lowest BCUT2D eigenvalue weighted by molar-refractivity contribution is -0.110. The molecule has 128 valence electrons. The van der Waals surface area contributed by atoms with Gasteiger partial charge in [-0.1, -0.05) is 60.1 Å². The minimum absolute atomic E-state index is 0.145. The van der Waals surface area contributed by atoms with E-state index in [2.05, 4.69) is 41.5 Å². The molecule has 0 aliphatic heterocycles. The smallest absolute Gasteiger partial charge is 0.338 e. The lowest BCUT2D eigenvalue weighted by Gasteiger charge is -2.37. The summed E-state index contributed by atoms with van der Waals surface area (Å²) in [5, 5.41) is 0. The average molecular weight is 318 g/mol. The summed E-state index contributed by atoms with van der Waals surface area (Å²) in [6, 6.07) is 7.61. The van der Waals surface area contributed by atoms with E-state index < -0.39 is 5.97 Å². The predicted octanol–water partition coefficient (Wildman–Crippen LogP) is 5.00. The molecular formula is C20H30O3. The molecule has 1 rings (SSSR count). The van der Waals surface area contributed by atoms with Crippen molar-refractivity contribution in [1.29, 1.82) is 0 Å². The summed E-state index contributed by atoms with van der Waals surface area (Å²) in [7, 11) is 0. The van der Waals surface area contributed by atoms with Crippen molar-refractivity contribution in [3.05, 3.63) is 35.4 Å². The number of ether oxygens (including phenoxy) is 1. The van der Waals surface area contributed by atoms with Gasteiger partial charge in [-0.3, -0.25) is 4.79 Å². The number of esters is 1. The van der Waals surface area contributed by atoms with Gasteiger partial charge >= 0.3 is 5.97 Å². The second kappa shape index (κ2) is 7.76. The van der Waals surface area contributed by atoms with Crippen LogP contribution in [-0.2, 0) is 9.53 Å². The first-order valence-electron chi connectivity index (χ1n) is 8.31. The van der Waals surface area contributed by atoms with Crippen LogP contribution in [0.5, 0.6) is 0 Å². The Kier molecular flexibility index (Phi) is 6.55. The van der Waals surface area contributed by atoms with Gasteiger partial charge in [0.25, 0.3) is 0 Å². The largest absolute Gasteiger partial charge is 0.454 e. The van der Waals surface area contributed by atoms with Crippen LogP contribution in [0.25, 0.3) is 0 Å². The maximum atomic E-state index is 11.8. The molecule has 3 heteroatoms. The van der Waals surface area contributed by atoms with E-state index in [0.717, 1.165) is 12.8 Å². The molecule has 1 aromatic rings. The third kappa shape index (κ3) is 5.81. The summed E-state index contributed by atoms with van der Waals surface area (Å²) in [4.78, 5) is 22.1. The molecule has 0 radical (unpaired) electrons. The Bertz CT molecular complexity index is 521. The van der Waals surface area contributed by atoms with Gasteiger partial charge < -0.3 is 4.74 Å². The first-order valence-corrected chi connectivity index (χ1v) is 8.31. The lowest BCUT2D eigenvalue weighted by atomic mass is 9.68. The van der Waals surface area contributed by atoms with Gasteiger partial charge in [0.05, 0.1) is 5.56 Å². The number of carbonyl (C=O) groups excluding carboxylic acids is 2. The number of aldehydes is 1. The van der Waals surface area contributed by atoms with E-state index >= 15 is 0 Å². The van der Waals surface area contributed by atoms with Gasteiger partial charge in [0.2, 0.25) is 0 Å². The molecule has 0 spiro atoms. The van der Waals surface area contributed by atoms with Gasteiger partial charge in [-0.05, 0) is 40.9 Å². The normalized spacial score (nSPS) is 13.5. The number of benzene rings is 1. The van der Waals surface area contributed by atoms with Crippen molar-refractivity contribution < 1.29 is 14.3 Å². The Labute approximate surface area is 140 Å². The molecule has 0 heterocycles. The first-order chi connectivity index (χ1) is 10.6. The monoisotopic (exact) mass is 318 g/mol. The highest BCUT2D eigenvalue weighted by Gasteiger charge is 2.31. The number of hydrogen-bond donors (Lipinski definition) is 0. The fraction of sp³-hybridized carbons (Fsp3) is 0.600. The van der Waals surface area contributed by atoms with Gasteiger partial charge in [0.1, 0.15) is 6.61 Å². The van der Waals surface area contributed by atoms with E-state index in [1.807, 2.05) is 12.1 Å². The van der Waals surface area contributed by atoms with Crippen LogP contribution in [-0.4, -0.2) is 18.9 Å². The van der Waals surface area contributed by atoms with Crippen molar-refractivity contribution in [3.8, 4) is 0 Å². The van der Waals surface area contributed by atoms with E-state index in [1.54, 1.807) is 12.1 Å². The van der Waals surface area contributed by atoms with Crippen LogP contribution >= 0.6 is 0 Å². The molecule has 1 aromatic carbocycles. The zero-order valence-corrected chi connectivity index (χ0v) is 15.3. The molecule has 0 saturated heterocycles. The molecule has 3 nitrogen and oxygen atoms in total. The topological polar surface area (TPSA) is 43.4 Å². The highest BCUT2D eigenvalue weighted by atomic mass is 16.5. The first kappa shape index (κ1) is 19.4. The Balaban J connectivity index is 3.00. The third-order valence-electron chi connectivity index (χ3n) is 4.59. The van der Waals surface area contributed by atoms with Crippen molar-refractivity contribution in [1.82, 2.24) is 0 Å². The molecule has 0 aromatic heterocycles. The summed E-state index contributed by atoms with van der Waals surface area (Å²) < 4.78 is 4.84. The van der Waals surface area contributed by atoms with Crippen molar-refractivity contribution in [3.63, 3.8) is 0 Å². The highest BCUT2D eigenvalue weighted by Crippen LogP contribution is 2.44. The molecule has 1 atom stereocenters. The molecule has 0 aliphatic carbocycles. The quantitative estimate of drug-likeness (QED) is 0.525. The summed E-state index contributed by atoms with van der Waals surface area (Å²) in [6.45, 7) is 13.4. The second-order valence-electron chi connectivity index (χ2n) is 8.03. The molecule has 1 unspecified atom stereocenters. The van der Waals surface area contributed by atoms with Gasteiger partial charge in [-0.2, -0.15) is 0 Å². The maximum absolute atomic E-state index is 11.8. The van der Waals surface area contributed by atoms with Gasteiger partial charge in [0.15, 0.2) is 6.29 Å². The van der Waals surface area contributed by atoms with Crippen LogP contribution in [0.2, 0.25) is 0 Å². The Hall–Kier alpha value is -1.64. The van der Waals surface area contributed by atoms with Crippen LogP contribution in [0.4, 0.5) is 0 Å². The number of hydrogen-bond acceptors (Lipinski definition) is 3. The minimum Gasteiger partial charge on any atom is -0.454 e. The second-order valence-corrected chi connectivity index (χ2v) is 8.03. The van der Waals surface area contributed by atoms with Crippen LogP contribution in [0.1, 0.15) is 76.2 Å². The zero-order valence-electron chi connectivity index (χ0n) is 15.3. The Morgan fingerprint density at radius 1 is 1.13 bits per heavy atom. The van der Waals surface area contributed by atoms with Crippen LogP contribution in [0, 0.1) is 10.8 Å². The summed E-state index contributed by atoms with van der Waals surface area (Å²) in [5.41, 5.74) is 2.15. The summed E-state index contributed by atoms with van der Waals surface area (Å²) >= 11 is 0. The zero-order chi connectivity index (χ0) is 17.7. The van der Waals surface area contributed by atoms with Crippen LogP contribution in [0.3, 0.4) is 0 Å². The molecule has 0 N–H and O–H groups in total. The highest BCUT2D eigenvalue weighted by molar-refractivity contribution is 5.90. The van der Waals surface area contributed by atoms with Gasteiger partial charge in [-0.25, -0.2) is 4.79 Å². The van der Waals surface area contributed by atoms with Crippen molar-refractivity contribution in [2.24, 2.45) is 10.8 Å². The van der Waals surface area contributed by atoms with Gasteiger partial charge in [-0.15, -0.1) is 0 Å². The molecule has 0 saturated carbocycles. The van der Waals surface area contributed by atoms with Crippen LogP contribution < -0.4 is 0 Å². The fourth-order valence-corrected chi connectivity index (χ4v) is 2.67. The van der Waals surface area contributed by atoms with E-state index in [1.165, 1.54) is 5.56 Å². The summed E-state index contributed by atoms with van der Waals surface area (Å²) in [6.07, 6.45) is 2.81. The SMILES string of the molecule is CCC(C)(C)CC(c1ccc(C(=O)OCC=O)cc1)C(C)(C)C. The minimum atomic E-state index is -0.454. The lowest BCUT2D eigenvalue weighted by Crippen LogP contribution is -2.25. The Morgan fingerprint density at radius 2 is 1.70 bits per heavy atom. The molecule has 0 amide bonds. The van der Waals surface area contributed by atoms with E-state index in [-0.39, 0.29) is 17.4 Å². The average Bonchev–Trinajstić information content (AvgIpc) is 2.49. The third-order valence-corrected chi connectivity index (χ3v) is 4.59. The molecule has 23 heavy (non-hydrogen) atoms. The number of carbonyl (C=O) groups is 2. The van der Waals surface area contributed by atoms with E-state index in [4.69, 9.17) is 4.74 Å². The summed E-state index contributed by atoms with van der Waals surface area (Å²) in [5.74, 6) is -0.0395. The van der Waals surface area contributed by atoms with Gasteiger partial charge in [0, 0.05) is 0 Å². The predicted molar refractivity (Wildman–Crippen MR) is 93.7 cm³/mol. The molecule has 0 aliphatic rings. The van der Waals surface area contributed by atoms with Crippen molar-refractivity contribution >= 4 is 12.3 Å². The van der Waals surface area contributed by atoms with E-state index in [0.29, 0.717) is 17.8 Å².